The maximum absolute atomic E-state index is 13.0. The van der Waals surface area contributed by atoms with E-state index in [0.29, 0.717) is 24.1 Å². The largest absolute Gasteiger partial charge is 0.326 e. The number of anilines is 4. The Morgan fingerprint density at radius 3 is 2.35 bits per heavy atom. The zero-order valence-corrected chi connectivity index (χ0v) is 20.4. The predicted molar refractivity (Wildman–Crippen MR) is 136 cm³/mol. The number of nitrogens with zero attached hydrogens (tertiary/aromatic N) is 4. The Morgan fingerprint density at radius 1 is 1.06 bits per heavy atom. The van der Waals surface area contributed by atoms with E-state index in [-0.39, 0.29) is 18.2 Å². The van der Waals surface area contributed by atoms with Crippen molar-refractivity contribution in [3.63, 3.8) is 0 Å². The van der Waals surface area contributed by atoms with E-state index in [0.717, 1.165) is 28.3 Å². The number of hydrogen-bond acceptors (Lipinski definition) is 5. The highest BCUT2D eigenvalue weighted by Gasteiger charge is 2.36. The zero-order valence-electron chi connectivity index (χ0n) is 20.4. The molecule has 1 atom stereocenters. The molecule has 1 aromatic heterocycles. The van der Waals surface area contributed by atoms with Crippen LogP contribution < -0.4 is 15.1 Å². The van der Waals surface area contributed by atoms with Crippen LogP contribution in [0.1, 0.15) is 43.1 Å². The molecule has 1 aliphatic heterocycles. The lowest BCUT2D eigenvalue weighted by Gasteiger charge is -2.22. The quantitative estimate of drug-likeness (QED) is 0.565. The lowest BCUT2D eigenvalue weighted by atomic mass is 10.0. The van der Waals surface area contributed by atoms with Crippen LogP contribution in [-0.4, -0.2) is 35.4 Å². The Balaban J connectivity index is 1.43. The molecule has 0 radical (unpaired) electrons. The van der Waals surface area contributed by atoms with Gasteiger partial charge in [-0.3, -0.25) is 9.59 Å². The summed E-state index contributed by atoms with van der Waals surface area (Å²) >= 11 is 0. The second-order valence-corrected chi connectivity index (χ2v) is 9.16. The van der Waals surface area contributed by atoms with E-state index in [9.17, 15) is 9.59 Å². The van der Waals surface area contributed by atoms with Crippen molar-refractivity contribution in [2.24, 2.45) is 5.92 Å². The van der Waals surface area contributed by atoms with Gasteiger partial charge in [0, 0.05) is 48.5 Å². The van der Waals surface area contributed by atoms with Crippen molar-refractivity contribution < 1.29 is 9.59 Å². The third-order valence-corrected chi connectivity index (χ3v) is 6.14. The Morgan fingerprint density at radius 2 is 1.71 bits per heavy atom. The van der Waals surface area contributed by atoms with Gasteiger partial charge in [0.05, 0.1) is 5.92 Å². The molecule has 0 bridgehead atoms. The molecule has 0 saturated carbocycles. The highest BCUT2D eigenvalue weighted by atomic mass is 16.2. The monoisotopic (exact) mass is 457 g/mol. The van der Waals surface area contributed by atoms with E-state index in [2.05, 4.69) is 29.1 Å². The van der Waals surface area contributed by atoms with Crippen molar-refractivity contribution in [1.29, 1.82) is 0 Å². The highest BCUT2D eigenvalue weighted by molar-refractivity contribution is 6.04. The first-order chi connectivity index (χ1) is 16.2. The topological polar surface area (TPSA) is 78.4 Å². The van der Waals surface area contributed by atoms with Crippen molar-refractivity contribution in [2.75, 3.05) is 28.7 Å². The average molecular weight is 458 g/mol. The molecule has 2 aromatic carbocycles. The number of nitrogens with one attached hydrogen (secondary N) is 1. The van der Waals surface area contributed by atoms with Gasteiger partial charge in [-0.2, -0.15) is 0 Å². The molecule has 1 saturated heterocycles. The summed E-state index contributed by atoms with van der Waals surface area (Å²) in [6, 6.07) is 17.4. The molecule has 7 heteroatoms. The minimum Gasteiger partial charge on any atom is -0.326 e. The molecular weight excluding hydrogens is 426 g/mol. The maximum Gasteiger partial charge on any atom is 0.230 e. The summed E-state index contributed by atoms with van der Waals surface area (Å²) in [5.41, 5.74) is 5.44. The number of benzene rings is 2. The third-order valence-electron chi connectivity index (χ3n) is 6.14. The van der Waals surface area contributed by atoms with E-state index in [4.69, 9.17) is 0 Å². The molecule has 0 spiro atoms. The van der Waals surface area contributed by atoms with Crippen molar-refractivity contribution in [3.8, 4) is 0 Å². The summed E-state index contributed by atoms with van der Waals surface area (Å²) in [5.74, 6) is 0.372. The Bertz CT molecular complexity index is 1190. The number of carbonyl (C=O) groups excluding carboxylic acids is 2. The molecule has 34 heavy (non-hydrogen) atoms. The Kier molecular flexibility index (Phi) is 6.63. The van der Waals surface area contributed by atoms with Gasteiger partial charge >= 0.3 is 0 Å². The van der Waals surface area contributed by atoms with Gasteiger partial charge in [-0.05, 0) is 61.7 Å². The van der Waals surface area contributed by atoms with Crippen LogP contribution in [0.5, 0.6) is 0 Å². The molecular formula is C27H31N5O2. The summed E-state index contributed by atoms with van der Waals surface area (Å²) in [4.78, 5) is 38.4. The average Bonchev–Trinajstić information content (AvgIpc) is 3.20. The highest BCUT2D eigenvalue weighted by Crippen LogP contribution is 2.32. The standard InChI is InChI=1S/C27H31N5O2/c1-17(2)23-8-6-7-9-24(23)32-16-20(15-25(32)33)26(34)30-21-10-12-22(13-11-21)31(5)27-28-18(3)14-19(4)29-27/h6-14,17,20H,15-16H2,1-5H3,(H,30,34). The molecule has 7 nitrogen and oxygen atoms in total. The van der Waals surface area contributed by atoms with Crippen LogP contribution in [0.2, 0.25) is 0 Å². The van der Waals surface area contributed by atoms with Gasteiger partial charge in [0.1, 0.15) is 0 Å². The van der Waals surface area contributed by atoms with E-state index in [1.807, 2.05) is 80.4 Å². The van der Waals surface area contributed by atoms with Crippen LogP contribution in [0.25, 0.3) is 0 Å². The summed E-state index contributed by atoms with van der Waals surface area (Å²) in [6.45, 7) is 8.50. The van der Waals surface area contributed by atoms with E-state index in [1.54, 1.807) is 4.90 Å². The van der Waals surface area contributed by atoms with Gasteiger partial charge in [0.25, 0.3) is 0 Å². The minimum atomic E-state index is -0.390. The first kappa shape index (κ1) is 23.4. The number of rotatable bonds is 6. The number of hydrogen-bond donors (Lipinski definition) is 1. The molecule has 1 N–H and O–H groups in total. The third kappa shape index (κ3) is 4.93. The van der Waals surface area contributed by atoms with Crippen LogP contribution in [0.4, 0.5) is 23.0 Å². The van der Waals surface area contributed by atoms with Crippen molar-refractivity contribution in [2.45, 2.75) is 40.0 Å². The molecule has 1 fully saturated rings. The minimum absolute atomic E-state index is 0.0151. The fourth-order valence-corrected chi connectivity index (χ4v) is 4.32. The smallest absolute Gasteiger partial charge is 0.230 e. The van der Waals surface area contributed by atoms with Crippen molar-refractivity contribution in [3.05, 3.63) is 71.5 Å². The molecule has 0 aliphatic carbocycles. The van der Waals surface area contributed by atoms with Gasteiger partial charge in [-0.25, -0.2) is 9.97 Å². The SMILES string of the molecule is Cc1cc(C)nc(N(C)c2ccc(NC(=O)C3CC(=O)N(c4ccccc4C(C)C)C3)cc2)n1. The fourth-order valence-electron chi connectivity index (χ4n) is 4.32. The van der Waals surface area contributed by atoms with Crippen LogP contribution in [-0.2, 0) is 9.59 Å². The number of aryl methyl sites for hydroxylation is 2. The zero-order chi connectivity index (χ0) is 24.4. The Hall–Kier alpha value is -3.74. The summed E-state index contributed by atoms with van der Waals surface area (Å²) in [6.07, 6.45) is 0.211. The number of aromatic nitrogens is 2. The van der Waals surface area contributed by atoms with E-state index in [1.165, 1.54) is 0 Å². The van der Waals surface area contributed by atoms with E-state index < -0.39 is 5.92 Å². The first-order valence-electron chi connectivity index (χ1n) is 11.6. The van der Waals surface area contributed by atoms with Gasteiger partial charge < -0.3 is 15.1 Å². The second-order valence-electron chi connectivity index (χ2n) is 9.16. The Labute approximate surface area is 200 Å². The van der Waals surface area contributed by atoms with E-state index >= 15 is 0 Å². The van der Waals surface area contributed by atoms with Gasteiger partial charge in [-0.1, -0.05) is 32.0 Å². The fraction of sp³-hybridized carbons (Fsp3) is 0.333. The van der Waals surface area contributed by atoms with Gasteiger partial charge in [0.2, 0.25) is 17.8 Å². The molecule has 1 unspecified atom stereocenters. The molecule has 3 aromatic rings. The summed E-state index contributed by atoms with van der Waals surface area (Å²) in [7, 11) is 1.91. The summed E-state index contributed by atoms with van der Waals surface area (Å²) in [5, 5.41) is 2.97. The predicted octanol–water partition coefficient (Wildman–Crippen LogP) is 4.98. The lowest BCUT2D eigenvalue weighted by Crippen LogP contribution is -2.29. The van der Waals surface area contributed by atoms with Crippen LogP contribution in [0.15, 0.2) is 54.6 Å². The molecule has 4 rings (SSSR count). The maximum atomic E-state index is 13.0. The molecule has 176 valence electrons. The first-order valence-corrected chi connectivity index (χ1v) is 11.6. The number of para-hydroxylation sites is 1. The lowest BCUT2D eigenvalue weighted by molar-refractivity contribution is -0.122. The number of carbonyl (C=O) groups is 2. The van der Waals surface area contributed by atoms with Gasteiger partial charge in [0.15, 0.2) is 0 Å². The number of amides is 2. The molecule has 1 aliphatic rings. The summed E-state index contributed by atoms with van der Waals surface area (Å²) < 4.78 is 0. The van der Waals surface area contributed by atoms with Gasteiger partial charge in [-0.15, -0.1) is 0 Å². The van der Waals surface area contributed by atoms with Crippen LogP contribution in [0, 0.1) is 19.8 Å². The normalized spacial score (nSPS) is 15.6. The van der Waals surface area contributed by atoms with Crippen molar-refractivity contribution >= 4 is 34.8 Å². The van der Waals surface area contributed by atoms with Crippen LogP contribution >= 0.6 is 0 Å². The molecule has 2 heterocycles. The molecule has 2 amide bonds. The van der Waals surface area contributed by atoms with Crippen LogP contribution in [0.3, 0.4) is 0 Å². The van der Waals surface area contributed by atoms with Crippen molar-refractivity contribution in [1.82, 2.24) is 9.97 Å². The second kappa shape index (κ2) is 9.63.